The van der Waals surface area contributed by atoms with E-state index in [0.29, 0.717) is 16.8 Å². The molecule has 13 heteroatoms. The summed E-state index contributed by atoms with van der Waals surface area (Å²) in [6, 6.07) is 6.86. The lowest BCUT2D eigenvalue weighted by Crippen LogP contribution is -2.19. The third-order valence-electron chi connectivity index (χ3n) is 3.32. The van der Waals surface area contributed by atoms with Gasteiger partial charge >= 0.3 is 6.18 Å². The van der Waals surface area contributed by atoms with E-state index < -0.39 is 50.1 Å². The molecule has 5 nitrogen and oxygen atoms in total. The minimum Gasteiger partial charge on any atom is -0.227 e. The summed E-state index contributed by atoms with van der Waals surface area (Å²) in [5, 5.41) is 8.48. The highest BCUT2D eigenvalue weighted by Crippen LogP contribution is 2.31. The van der Waals surface area contributed by atoms with Crippen LogP contribution in [0.1, 0.15) is 5.69 Å². The molecule has 29 heavy (non-hydrogen) atoms. The molecule has 3 rings (SSSR count). The van der Waals surface area contributed by atoms with E-state index >= 15 is 0 Å². The van der Waals surface area contributed by atoms with Crippen molar-refractivity contribution in [1.82, 2.24) is 9.78 Å². The van der Waals surface area contributed by atoms with Crippen LogP contribution in [0.2, 0.25) is 0 Å². The predicted octanol–water partition coefficient (Wildman–Crippen LogP) is 3.78. The molecule has 0 fully saturated rings. The fourth-order valence-electron chi connectivity index (χ4n) is 2.09. The minimum absolute atomic E-state index is 0.248. The molecule has 0 amide bonds. The van der Waals surface area contributed by atoms with Gasteiger partial charge in [0.15, 0.2) is 23.3 Å². The van der Waals surface area contributed by atoms with Crippen LogP contribution in [-0.2, 0) is 16.2 Å². The Balaban J connectivity index is 0.000000253. The summed E-state index contributed by atoms with van der Waals surface area (Å²) >= 11 is 0. The van der Waals surface area contributed by atoms with Gasteiger partial charge in [0.05, 0.1) is 11.9 Å². The number of rotatable bonds is 2. The molecule has 0 aliphatic carbocycles. The lowest BCUT2D eigenvalue weighted by atomic mass is 10.3. The van der Waals surface area contributed by atoms with Crippen LogP contribution in [0.3, 0.4) is 0 Å². The van der Waals surface area contributed by atoms with Crippen molar-refractivity contribution in [2.24, 2.45) is 5.14 Å². The molecule has 3 aromatic rings. The van der Waals surface area contributed by atoms with Crippen molar-refractivity contribution >= 4 is 10.0 Å². The molecule has 2 N–H and O–H groups in total. The highest BCUT2D eigenvalue weighted by Gasteiger charge is 2.36. The summed E-state index contributed by atoms with van der Waals surface area (Å²) in [6.45, 7) is 0. The van der Waals surface area contributed by atoms with Crippen LogP contribution in [0, 0.1) is 23.3 Å². The van der Waals surface area contributed by atoms with Gasteiger partial charge in [-0.25, -0.2) is 35.8 Å². The van der Waals surface area contributed by atoms with Gasteiger partial charge in [-0.3, -0.25) is 0 Å². The molecule has 0 radical (unpaired) electrons. The maximum absolute atomic E-state index is 12.8. The number of nitrogens with zero attached hydrogens (tertiary/aromatic N) is 2. The average Bonchev–Trinajstić information content (AvgIpc) is 3.13. The number of nitrogens with two attached hydrogens (primary N) is 1. The molecular formula is C16H10F7N3O2S. The van der Waals surface area contributed by atoms with Crippen molar-refractivity contribution in [2.45, 2.75) is 11.1 Å². The van der Waals surface area contributed by atoms with Crippen molar-refractivity contribution in [1.29, 1.82) is 0 Å². The molecule has 2 aromatic carbocycles. The predicted molar refractivity (Wildman–Crippen MR) is 86.2 cm³/mol. The van der Waals surface area contributed by atoms with Crippen molar-refractivity contribution < 1.29 is 39.2 Å². The number of sulfonamides is 1. The topological polar surface area (TPSA) is 78.0 Å². The van der Waals surface area contributed by atoms with Crippen LogP contribution in [0.5, 0.6) is 0 Å². The van der Waals surface area contributed by atoms with Crippen LogP contribution < -0.4 is 5.14 Å². The molecule has 0 bridgehead atoms. The molecule has 1 heterocycles. The summed E-state index contributed by atoms with van der Waals surface area (Å²) in [6.07, 6.45) is -3.72. The lowest BCUT2D eigenvalue weighted by molar-refractivity contribution is -0.142. The van der Waals surface area contributed by atoms with Gasteiger partial charge < -0.3 is 0 Å². The quantitative estimate of drug-likeness (QED) is 0.374. The van der Waals surface area contributed by atoms with Crippen LogP contribution >= 0.6 is 0 Å². The minimum atomic E-state index is -4.65. The van der Waals surface area contributed by atoms with E-state index in [1.54, 1.807) is 0 Å². The number of halogens is 7. The third-order valence-corrected chi connectivity index (χ3v) is 4.28. The highest BCUT2D eigenvalue weighted by molar-refractivity contribution is 7.89. The van der Waals surface area contributed by atoms with E-state index in [0.717, 1.165) is 18.3 Å². The zero-order valence-corrected chi connectivity index (χ0v) is 14.8. The Morgan fingerprint density at radius 3 is 1.86 bits per heavy atom. The summed E-state index contributed by atoms with van der Waals surface area (Å²) in [5.41, 5.74) is -1.33. The van der Waals surface area contributed by atoms with Gasteiger partial charge in [-0.1, -0.05) is 12.1 Å². The molecule has 0 aliphatic heterocycles. The van der Waals surface area contributed by atoms with Gasteiger partial charge in [-0.2, -0.15) is 18.3 Å². The Bertz CT molecular complexity index is 1100. The van der Waals surface area contributed by atoms with Crippen LogP contribution in [0.25, 0.3) is 5.69 Å². The molecule has 0 spiro atoms. The summed E-state index contributed by atoms with van der Waals surface area (Å²) in [5.74, 6) is -6.34. The Labute approximate surface area is 159 Å². The number of primary sulfonamides is 1. The number of benzene rings is 2. The van der Waals surface area contributed by atoms with Gasteiger partial charge in [0, 0.05) is 0 Å². The van der Waals surface area contributed by atoms with Crippen LogP contribution in [-0.4, -0.2) is 18.2 Å². The van der Waals surface area contributed by atoms with E-state index in [9.17, 15) is 39.2 Å². The van der Waals surface area contributed by atoms with Gasteiger partial charge in [-0.15, -0.1) is 0 Å². The van der Waals surface area contributed by atoms with Crippen molar-refractivity contribution in [3.8, 4) is 5.69 Å². The Morgan fingerprint density at radius 1 is 0.862 bits per heavy atom. The standard InChI is InChI=1S/C10H8F3N3O2S.C6H2F4/c11-10(12,13)9-5-6-15-16(9)7-3-1-2-4-8(7)19(14,17)18;7-3-1-2-4(8)6(10)5(3)9/h1-6H,(H2,14,17,18);1-2H. The second kappa shape index (κ2) is 8.21. The Kier molecular flexibility index (Phi) is 6.33. The molecule has 0 atom stereocenters. The molecular weight excluding hydrogens is 431 g/mol. The second-order valence-electron chi connectivity index (χ2n) is 5.30. The third kappa shape index (κ3) is 5.12. The van der Waals surface area contributed by atoms with E-state index in [-0.39, 0.29) is 5.69 Å². The first-order chi connectivity index (χ1) is 13.3. The fraction of sp³-hybridized carbons (Fsp3) is 0.0625. The number of aromatic nitrogens is 2. The first-order valence-electron chi connectivity index (χ1n) is 7.36. The van der Waals surface area contributed by atoms with Crippen LogP contribution in [0.15, 0.2) is 53.6 Å². The second-order valence-corrected chi connectivity index (χ2v) is 6.83. The number of alkyl halides is 3. The largest absolute Gasteiger partial charge is 0.433 e. The molecule has 0 unspecified atom stereocenters. The summed E-state index contributed by atoms with van der Waals surface area (Å²) < 4.78 is 109. The Morgan fingerprint density at radius 2 is 1.38 bits per heavy atom. The molecule has 0 aliphatic rings. The van der Waals surface area contributed by atoms with E-state index in [2.05, 4.69) is 5.10 Å². The van der Waals surface area contributed by atoms with Gasteiger partial charge in [0.25, 0.3) is 0 Å². The lowest BCUT2D eigenvalue weighted by Gasteiger charge is -2.12. The molecule has 1 aromatic heterocycles. The van der Waals surface area contributed by atoms with E-state index in [1.165, 1.54) is 18.2 Å². The van der Waals surface area contributed by atoms with Crippen molar-refractivity contribution in [2.75, 3.05) is 0 Å². The van der Waals surface area contributed by atoms with E-state index in [1.807, 2.05) is 0 Å². The van der Waals surface area contributed by atoms with E-state index in [4.69, 9.17) is 5.14 Å². The Hall–Kier alpha value is -2.93. The van der Waals surface area contributed by atoms with Gasteiger partial charge in [0.2, 0.25) is 10.0 Å². The number of hydrogen-bond acceptors (Lipinski definition) is 3. The average molecular weight is 441 g/mol. The number of hydrogen-bond donors (Lipinski definition) is 1. The molecule has 156 valence electrons. The zero-order chi connectivity index (χ0) is 22.0. The summed E-state index contributed by atoms with van der Waals surface area (Å²) in [7, 11) is -4.15. The maximum Gasteiger partial charge on any atom is 0.433 e. The highest BCUT2D eigenvalue weighted by atomic mass is 32.2. The van der Waals surface area contributed by atoms with Gasteiger partial charge in [0.1, 0.15) is 10.6 Å². The maximum atomic E-state index is 12.8. The molecule has 0 saturated carbocycles. The van der Waals surface area contributed by atoms with Crippen molar-refractivity contribution in [3.63, 3.8) is 0 Å². The fourth-order valence-corrected chi connectivity index (χ4v) is 2.80. The van der Waals surface area contributed by atoms with Crippen LogP contribution in [0.4, 0.5) is 30.7 Å². The summed E-state index contributed by atoms with van der Waals surface area (Å²) in [4.78, 5) is -0.427. The SMILES string of the molecule is Fc1ccc(F)c(F)c1F.NS(=O)(=O)c1ccccc1-n1nccc1C(F)(F)F. The monoisotopic (exact) mass is 441 g/mol. The zero-order valence-electron chi connectivity index (χ0n) is 14.0. The smallest absolute Gasteiger partial charge is 0.227 e. The normalized spacial score (nSPS) is 11.7. The molecule has 0 saturated heterocycles. The first-order valence-corrected chi connectivity index (χ1v) is 8.91. The van der Waals surface area contributed by atoms with Gasteiger partial charge in [-0.05, 0) is 30.3 Å². The van der Waals surface area contributed by atoms with Crippen molar-refractivity contribution in [3.05, 3.63) is 77.6 Å². The number of para-hydroxylation sites is 1. The first kappa shape index (κ1) is 22.4.